The number of amides is 1. The zero-order valence-electron chi connectivity index (χ0n) is 17.3. The minimum atomic E-state index is -3.92. The second-order valence-corrected chi connectivity index (χ2v) is 11.0. The molecule has 7 nitrogen and oxygen atoms in total. The van der Waals surface area contributed by atoms with Crippen molar-refractivity contribution < 1.29 is 13.2 Å². The van der Waals surface area contributed by atoms with E-state index in [9.17, 15) is 13.2 Å². The third-order valence-corrected chi connectivity index (χ3v) is 8.25. The third kappa shape index (κ3) is 4.55. The number of hydrogen-bond acceptors (Lipinski definition) is 6. The zero-order valence-corrected chi connectivity index (χ0v) is 20.5. The fraction of sp³-hybridized carbons (Fsp3) is 0.174. The average molecular weight is 543 g/mol. The first-order valence-electron chi connectivity index (χ1n) is 10.3. The highest BCUT2D eigenvalue weighted by Crippen LogP contribution is 2.44. The highest BCUT2D eigenvalue weighted by molar-refractivity contribution is 9.10. The molecule has 1 aliphatic carbocycles. The molecule has 0 radical (unpaired) electrons. The lowest BCUT2D eigenvalue weighted by atomic mass is 9.99. The van der Waals surface area contributed by atoms with Crippen molar-refractivity contribution in [2.45, 2.75) is 28.8 Å². The topological polar surface area (TPSA) is 93.9 Å². The molecule has 3 aromatic carbocycles. The van der Waals surface area contributed by atoms with Crippen LogP contribution in [-0.2, 0) is 14.8 Å². The minimum Gasteiger partial charge on any atom is -0.273 e. The summed E-state index contributed by atoms with van der Waals surface area (Å²) in [5.41, 5.74) is 2.24. The maximum absolute atomic E-state index is 12.4. The number of nitrogens with zero attached hydrogens (tertiary/aromatic N) is 3. The maximum Gasteiger partial charge on any atom is 0.264 e. The lowest BCUT2D eigenvalue weighted by Crippen LogP contribution is -2.32. The quantitative estimate of drug-likeness (QED) is 0.341. The number of carbonyl (C=O) groups is 1. The molecule has 4 aromatic rings. The fourth-order valence-electron chi connectivity index (χ4n) is 3.77. The molecule has 0 saturated heterocycles. The molecule has 0 spiro atoms. The molecule has 1 N–H and O–H groups in total. The summed E-state index contributed by atoms with van der Waals surface area (Å²) in [6.45, 7) is 0. The van der Waals surface area contributed by atoms with Gasteiger partial charge in [0.1, 0.15) is 0 Å². The Morgan fingerprint density at radius 3 is 2.42 bits per heavy atom. The van der Waals surface area contributed by atoms with Crippen LogP contribution in [0.25, 0.3) is 16.5 Å². The Balaban J connectivity index is 1.40. The zero-order chi connectivity index (χ0) is 23.0. The number of benzene rings is 3. The second-order valence-electron chi connectivity index (χ2n) is 7.71. The van der Waals surface area contributed by atoms with Crippen molar-refractivity contribution in [3.8, 4) is 5.69 Å². The van der Waals surface area contributed by atoms with Crippen LogP contribution in [0.2, 0.25) is 0 Å². The Bertz CT molecular complexity index is 1450. The molecule has 1 amide bonds. The van der Waals surface area contributed by atoms with Gasteiger partial charge in [0.15, 0.2) is 5.16 Å². The first-order chi connectivity index (χ1) is 15.9. The van der Waals surface area contributed by atoms with Crippen molar-refractivity contribution in [3.05, 3.63) is 77.0 Å². The van der Waals surface area contributed by atoms with Gasteiger partial charge in [-0.25, -0.2) is 13.1 Å². The van der Waals surface area contributed by atoms with Crippen molar-refractivity contribution in [2.75, 3.05) is 5.75 Å². The molecule has 0 aliphatic heterocycles. The number of sulfonamides is 1. The number of thioether (sulfide) groups is 1. The van der Waals surface area contributed by atoms with Gasteiger partial charge in [0.25, 0.3) is 10.0 Å². The number of carbonyl (C=O) groups excluding carboxylic acids is 1. The molecule has 1 aliphatic rings. The second kappa shape index (κ2) is 8.92. The van der Waals surface area contributed by atoms with E-state index in [-0.39, 0.29) is 10.6 Å². The number of aromatic nitrogens is 3. The van der Waals surface area contributed by atoms with Gasteiger partial charge < -0.3 is 0 Å². The average Bonchev–Trinajstić information content (AvgIpc) is 3.60. The molecule has 33 heavy (non-hydrogen) atoms. The van der Waals surface area contributed by atoms with Crippen LogP contribution in [0, 0.1) is 0 Å². The summed E-state index contributed by atoms with van der Waals surface area (Å²) < 4.78 is 29.3. The van der Waals surface area contributed by atoms with Crippen LogP contribution >= 0.6 is 27.7 Å². The smallest absolute Gasteiger partial charge is 0.264 e. The number of hydrogen-bond donors (Lipinski definition) is 1. The first kappa shape index (κ1) is 22.1. The van der Waals surface area contributed by atoms with Gasteiger partial charge in [-0.05, 0) is 63.8 Å². The van der Waals surface area contributed by atoms with Crippen LogP contribution < -0.4 is 4.72 Å². The van der Waals surface area contributed by atoms with Gasteiger partial charge in [0, 0.05) is 5.39 Å². The largest absolute Gasteiger partial charge is 0.273 e. The highest BCUT2D eigenvalue weighted by atomic mass is 79.9. The van der Waals surface area contributed by atoms with Gasteiger partial charge in [-0.2, -0.15) is 0 Å². The van der Waals surface area contributed by atoms with E-state index in [4.69, 9.17) is 0 Å². The molecule has 0 unspecified atom stereocenters. The van der Waals surface area contributed by atoms with Crippen LogP contribution in [0.15, 0.2) is 81.5 Å². The van der Waals surface area contributed by atoms with Crippen LogP contribution in [0.4, 0.5) is 0 Å². The van der Waals surface area contributed by atoms with Gasteiger partial charge >= 0.3 is 0 Å². The summed E-state index contributed by atoms with van der Waals surface area (Å²) in [4.78, 5) is 12.5. The predicted octanol–water partition coefficient (Wildman–Crippen LogP) is 4.66. The summed E-state index contributed by atoms with van der Waals surface area (Å²) >= 11 is 4.59. The van der Waals surface area contributed by atoms with Gasteiger partial charge in [-0.3, -0.25) is 9.36 Å². The van der Waals surface area contributed by atoms with Crippen LogP contribution in [0.3, 0.4) is 0 Å². The van der Waals surface area contributed by atoms with E-state index in [1.807, 2.05) is 22.8 Å². The van der Waals surface area contributed by atoms with Crippen molar-refractivity contribution in [1.29, 1.82) is 0 Å². The summed E-state index contributed by atoms with van der Waals surface area (Å²) in [6.07, 6.45) is 2.42. The van der Waals surface area contributed by atoms with Crippen molar-refractivity contribution >= 4 is 54.4 Å². The molecular weight excluding hydrogens is 524 g/mol. The van der Waals surface area contributed by atoms with Gasteiger partial charge in [-0.1, -0.05) is 60.3 Å². The van der Waals surface area contributed by atoms with Gasteiger partial charge in [0.05, 0.1) is 16.3 Å². The Hall–Kier alpha value is -2.69. The van der Waals surface area contributed by atoms with Crippen LogP contribution in [0.1, 0.15) is 24.3 Å². The standard InChI is InChI=1S/C23H19BrN4O3S2/c24-22-25-26-23(32-14-21(29)27-33(30,31)16-6-2-1-3-7-16)28(22)20-13-12-17(15-10-11-15)18-8-4-5-9-19(18)20/h1-9,12-13,15H,10-11,14H2,(H,27,29). The predicted molar refractivity (Wildman–Crippen MR) is 131 cm³/mol. The van der Waals surface area contributed by atoms with Crippen LogP contribution in [-0.4, -0.2) is 34.8 Å². The molecule has 1 aromatic heterocycles. The maximum atomic E-state index is 12.4. The summed E-state index contributed by atoms with van der Waals surface area (Å²) in [7, 11) is -3.92. The Morgan fingerprint density at radius 1 is 1.00 bits per heavy atom. The summed E-state index contributed by atoms with van der Waals surface area (Å²) in [5.74, 6) is -0.157. The fourth-order valence-corrected chi connectivity index (χ4v) is 6.17. The molecular formula is C23H19BrN4O3S2. The third-order valence-electron chi connectivity index (χ3n) is 5.42. The monoisotopic (exact) mass is 542 g/mol. The number of rotatable bonds is 7. The molecule has 0 atom stereocenters. The molecule has 168 valence electrons. The number of halogens is 1. The van der Waals surface area contributed by atoms with Gasteiger partial charge in [0.2, 0.25) is 10.6 Å². The number of nitrogens with one attached hydrogen (secondary N) is 1. The molecule has 5 rings (SSSR count). The van der Waals surface area contributed by atoms with Crippen LogP contribution in [0.5, 0.6) is 0 Å². The summed E-state index contributed by atoms with van der Waals surface area (Å²) in [6, 6.07) is 20.2. The van der Waals surface area contributed by atoms with Crippen molar-refractivity contribution in [2.24, 2.45) is 0 Å². The van der Waals surface area contributed by atoms with E-state index in [0.29, 0.717) is 15.8 Å². The van der Waals surface area contributed by atoms with E-state index in [0.717, 1.165) is 22.8 Å². The molecule has 1 heterocycles. The molecule has 1 saturated carbocycles. The Morgan fingerprint density at radius 2 is 1.70 bits per heavy atom. The van der Waals surface area contributed by atoms with E-state index >= 15 is 0 Å². The number of fused-ring (bicyclic) bond motifs is 1. The highest BCUT2D eigenvalue weighted by Gasteiger charge is 2.26. The van der Waals surface area contributed by atoms with E-state index in [2.05, 4.69) is 49.0 Å². The normalized spacial score (nSPS) is 13.8. The minimum absolute atomic E-state index is 0.0384. The lowest BCUT2D eigenvalue weighted by molar-refractivity contribution is -0.116. The van der Waals surface area contributed by atoms with E-state index < -0.39 is 15.9 Å². The molecule has 10 heteroatoms. The van der Waals surface area contributed by atoms with E-state index in [1.165, 1.54) is 35.9 Å². The lowest BCUT2D eigenvalue weighted by Gasteiger charge is -2.14. The van der Waals surface area contributed by atoms with E-state index in [1.54, 1.807) is 18.2 Å². The summed E-state index contributed by atoms with van der Waals surface area (Å²) in [5, 5.41) is 11.1. The Kier molecular flexibility index (Phi) is 5.98. The van der Waals surface area contributed by atoms with Crippen molar-refractivity contribution in [3.63, 3.8) is 0 Å². The van der Waals surface area contributed by atoms with Crippen molar-refractivity contribution in [1.82, 2.24) is 19.5 Å². The Labute approximate surface area is 203 Å². The molecule has 1 fully saturated rings. The van der Waals surface area contributed by atoms with Gasteiger partial charge in [-0.15, -0.1) is 10.2 Å². The SMILES string of the molecule is O=C(CSc1nnc(Br)n1-c1ccc(C2CC2)c2ccccc12)NS(=O)(=O)c1ccccc1. The first-order valence-corrected chi connectivity index (χ1v) is 13.6. The molecule has 0 bridgehead atoms.